The van der Waals surface area contributed by atoms with Crippen molar-refractivity contribution in [2.75, 3.05) is 25.4 Å². The topological polar surface area (TPSA) is 95.0 Å². The predicted octanol–water partition coefficient (Wildman–Crippen LogP) is 0.760. The van der Waals surface area contributed by atoms with Crippen molar-refractivity contribution in [1.29, 1.82) is 0 Å². The zero-order chi connectivity index (χ0) is 17.2. The van der Waals surface area contributed by atoms with Gasteiger partial charge in [0.25, 0.3) is 0 Å². The van der Waals surface area contributed by atoms with E-state index in [9.17, 15) is 18.0 Å². The second kappa shape index (κ2) is 7.17. The summed E-state index contributed by atoms with van der Waals surface area (Å²) < 4.78 is 25.7. The number of likely N-dealkylation sites (tertiary alicyclic amines) is 1. The van der Waals surface area contributed by atoms with E-state index in [-0.39, 0.29) is 29.9 Å². The molecule has 1 N–H and O–H groups in total. The number of sulfonamides is 1. The summed E-state index contributed by atoms with van der Waals surface area (Å²) in [6.45, 7) is 5.16. The van der Waals surface area contributed by atoms with E-state index in [2.05, 4.69) is 0 Å². The number of carbonyl (C=O) groups is 2. The fraction of sp³-hybridized carbons (Fsp3) is 0.867. The van der Waals surface area contributed by atoms with Gasteiger partial charge in [-0.05, 0) is 31.1 Å². The van der Waals surface area contributed by atoms with Crippen molar-refractivity contribution >= 4 is 21.9 Å². The number of hydrogen-bond acceptors (Lipinski definition) is 4. The second-order valence-corrected chi connectivity index (χ2v) is 8.88. The van der Waals surface area contributed by atoms with E-state index in [1.54, 1.807) is 4.90 Å². The molecule has 8 heteroatoms. The highest BCUT2D eigenvalue weighted by molar-refractivity contribution is 7.89. The van der Waals surface area contributed by atoms with Crippen molar-refractivity contribution in [3.8, 4) is 0 Å². The highest BCUT2D eigenvalue weighted by Gasteiger charge is 2.42. The van der Waals surface area contributed by atoms with E-state index in [0.717, 1.165) is 0 Å². The molecular formula is C15H26N2O5S. The highest BCUT2D eigenvalue weighted by Crippen LogP contribution is 2.26. The normalized spacial score (nSPS) is 24.0. The molecule has 2 heterocycles. The van der Waals surface area contributed by atoms with Crippen molar-refractivity contribution in [2.45, 2.75) is 45.6 Å². The molecule has 1 atom stereocenters. The van der Waals surface area contributed by atoms with Crippen molar-refractivity contribution in [2.24, 2.45) is 11.8 Å². The molecule has 2 fully saturated rings. The Hall–Kier alpha value is -1.15. The van der Waals surface area contributed by atoms with E-state index in [4.69, 9.17) is 5.11 Å². The summed E-state index contributed by atoms with van der Waals surface area (Å²) in [7, 11) is -3.33. The quantitative estimate of drug-likeness (QED) is 0.793. The van der Waals surface area contributed by atoms with E-state index >= 15 is 0 Å². The summed E-state index contributed by atoms with van der Waals surface area (Å²) in [5.41, 5.74) is 0. The van der Waals surface area contributed by atoms with Gasteiger partial charge in [-0.2, -0.15) is 4.31 Å². The summed E-state index contributed by atoms with van der Waals surface area (Å²) in [6, 6.07) is -0.640. The van der Waals surface area contributed by atoms with Crippen LogP contribution < -0.4 is 0 Å². The Kier molecular flexibility index (Phi) is 5.67. The number of carboxylic acid groups (broad SMARTS) is 1. The molecule has 0 spiro atoms. The molecule has 0 bridgehead atoms. The van der Waals surface area contributed by atoms with Gasteiger partial charge >= 0.3 is 5.97 Å². The van der Waals surface area contributed by atoms with Crippen molar-refractivity contribution in [3.05, 3.63) is 0 Å². The number of rotatable bonds is 5. The largest absolute Gasteiger partial charge is 0.481 e. The maximum Gasteiger partial charge on any atom is 0.303 e. The number of carboxylic acids is 1. The molecule has 2 rings (SSSR count). The van der Waals surface area contributed by atoms with Gasteiger partial charge in [0.05, 0.1) is 5.75 Å². The van der Waals surface area contributed by atoms with Crippen LogP contribution in [0.5, 0.6) is 0 Å². The number of aliphatic carboxylic acids is 1. The van der Waals surface area contributed by atoms with Gasteiger partial charge in [-0.25, -0.2) is 8.42 Å². The standard InChI is InChI=1S/C15H26N2O5S/c1-11(2)14(17-6-3-9-23(17,21)22)15(20)16-7-4-12(5-8-16)10-13(18)19/h11-12,14H,3-10H2,1-2H3,(H,18,19). The lowest BCUT2D eigenvalue weighted by Gasteiger charge is -2.37. The Balaban J connectivity index is 2.04. The minimum absolute atomic E-state index is 0.0906. The third-order valence-electron chi connectivity index (χ3n) is 4.72. The number of carbonyl (C=O) groups excluding carboxylic acids is 1. The summed E-state index contributed by atoms with van der Waals surface area (Å²) in [5.74, 6) is -0.821. The molecule has 0 aromatic carbocycles. The fourth-order valence-electron chi connectivity index (χ4n) is 3.50. The van der Waals surface area contributed by atoms with Gasteiger partial charge in [-0.1, -0.05) is 13.8 Å². The molecule has 2 saturated heterocycles. The number of hydrogen-bond donors (Lipinski definition) is 1. The Morgan fingerprint density at radius 3 is 2.22 bits per heavy atom. The summed E-state index contributed by atoms with van der Waals surface area (Å²) >= 11 is 0. The van der Waals surface area contributed by atoms with Gasteiger partial charge in [0.2, 0.25) is 15.9 Å². The first-order chi connectivity index (χ1) is 10.7. The van der Waals surface area contributed by atoms with Gasteiger partial charge in [-0.15, -0.1) is 0 Å². The van der Waals surface area contributed by atoms with Crippen LogP contribution in [0.2, 0.25) is 0 Å². The smallest absolute Gasteiger partial charge is 0.303 e. The molecule has 0 saturated carbocycles. The van der Waals surface area contributed by atoms with E-state index in [0.29, 0.717) is 38.9 Å². The minimum atomic E-state index is -3.33. The Labute approximate surface area is 137 Å². The molecule has 1 amide bonds. The Bertz CT molecular complexity index is 552. The SMILES string of the molecule is CC(C)C(C(=O)N1CCC(CC(=O)O)CC1)N1CCCS1(=O)=O. The molecule has 23 heavy (non-hydrogen) atoms. The monoisotopic (exact) mass is 346 g/mol. The minimum Gasteiger partial charge on any atom is -0.481 e. The Morgan fingerprint density at radius 2 is 1.78 bits per heavy atom. The van der Waals surface area contributed by atoms with Crippen LogP contribution in [0, 0.1) is 11.8 Å². The predicted molar refractivity (Wildman–Crippen MR) is 85.3 cm³/mol. The maximum absolute atomic E-state index is 12.8. The van der Waals surface area contributed by atoms with Crippen LogP contribution in [0.15, 0.2) is 0 Å². The first kappa shape index (κ1) is 18.2. The van der Waals surface area contributed by atoms with E-state index < -0.39 is 22.0 Å². The van der Waals surface area contributed by atoms with Crippen LogP contribution in [-0.2, 0) is 19.6 Å². The molecular weight excluding hydrogens is 320 g/mol. The molecule has 2 aliphatic heterocycles. The van der Waals surface area contributed by atoms with Gasteiger partial charge < -0.3 is 10.0 Å². The maximum atomic E-state index is 12.8. The summed E-state index contributed by atoms with van der Waals surface area (Å²) in [6.07, 6.45) is 2.03. The third kappa shape index (κ3) is 4.23. The van der Waals surface area contributed by atoms with Crippen LogP contribution in [-0.4, -0.2) is 66.0 Å². The molecule has 0 aromatic rings. The first-order valence-electron chi connectivity index (χ1n) is 8.22. The lowest BCUT2D eigenvalue weighted by Crippen LogP contribution is -2.53. The highest BCUT2D eigenvalue weighted by atomic mass is 32.2. The average Bonchev–Trinajstić information content (AvgIpc) is 2.78. The molecule has 0 aromatic heterocycles. The zero-order valence-electron chi connectivity index (χ0n) is 13.8. The van der Waals surface area contributed by atoms with Crippen LogP contribution >= 0.6 is 0 Å². The molecule has 7 nitrogen and oxygen atoms in total. The van der Waals surface area contributed by atoms with Gasteiger partial charge in [0.15, 0.2) is 0 Å². The van der Waals surface area contributed by atoms with E-state index in [1.165, 1.54) is 4.31 Å². The zero-order valence-corrected chi connectivity index (χ0v) is 14.6. The third-order valence-corrected chi connectivity index (χ3v) is 6.65. The summed E-state index contributed by atoms with van der Waals surface area (Å²) in [5, 5.41) is 8.85. The van der Waals surface area contributed by atoms with Crippen LogP contribution in [0.4, 0.5) is 0 Å². The molecule has 0 radical (unpaired) electrons. The van der Waals surface area contributed by atoms with Gasteiger partial charge in [-0.3, -0.25) is 9.59 Å². The average molecular weight is 346 g/mol. The molecule has 132 valence electrons. The Morgan fingerprint density at radius 1 is 1.17 bits per heavy atom. The molecule has 0 aliphatic carbocycles. The fourth-order valence-corrected chi connectivity index (χ4v) is 5.32. The lowest BCUT2D eigenvalue weighted by atomic mass is 9.92. The number of nitrogens with zero attached hydrogens (tertiary/aromatic N) is 2. The summed E-state index contributed by atoms with van der Waals surface area (Å²) in [4.78, 5) is 25.3. The first-order valence-corrected chi connectivity index (χ1v) is 9.83. The van der Waals surface area contributed by atoms with Crippen molar-refractivity contribution in [1.82, 2.24) is 9.21 Å². The van der Waals surface area contributed by atoms with Crippen molar-refractivity contribution in [3.63, 3.8) is 0 Å². The van der Waals surface area contributed by atoms with Crippen molar-refractivity contribution < 1.29 is 23.1 Å². The van der Waals surface area contributed by atoms with Gasteiger partial charge in [0, 0.05) is 26.1 Å². The molecule has 1 unspecified atom stereocenters. The lowest BCUT2D eigenvalue weighted by molar-refractivity contribution is -0.140. The van der Waals surface area contributed by atoms with Gasteiger partial charge in [0.1, 0.15) is 6.04 Å². The van der Waals surface area contributed by atoms with E-state index in [1.807, 2.05) is 13.8 Å². The number of amides is 1. The molecule has 2 aliphatic rings. The van der Waals surface area contributed by atoms with Crippen LogP contribution in [0.25, 0.3) is 0 Å². The second-order valence-electron chi connectivity index (χ2n) is 6.84. The van der Waals surface area contributed by atoms with Crippen LogP contribution in [0.3, 0.4) is 0 Å². The number of piperidine rings is 1. The van der Waals surface area contributed by atoms with Crippen LogP contribution in [0.1, 0.15) is 39.5 Å².